The molecule has 6 nitrogen and oxygen atoms in total. The predicted molar refractivity (Wildman–Crippen MR) is 83.9 cm³/mol. The third kappa shape index (κ3) is 4.89. The minimum Gasteiger partial charge on any atom is -0.379 e. The van der Waals surface area contributed by atoms with E-state index in [0.717, 1.165) is 45.8 Å². The molecule has 7 heteroatoms. The molecule has 0 aromatic heterocycles. The number of morpholine rings is 1. The first-order chi connectivity index (χ1) is 10.0. The summed E-state index contributed by atoms with van der Waals surface area (Å²) in [6.07, 6.45) is 2.08. The fraction of sp³-hybridized carbons (Fsp3) is 1.00. The summed E-state index contributed by atoms with van der Waals surface area (Å²) in [7, 11) is -3.05. The average Bonchev–Trinajstić information content (AvgIpc) is 2.86. The molecule has 2 heterocycles. The zero-order valence-corrected chi connectivity index (χ0v) is 14.1. The van der Waals surface area contributed by atoms with Gasteiger partial charge in [-0.05, 0) is 33.2 Å². The Bertz CT molecular complexity index is 410. The lowest BCUT2D eigenvalue weighted by molar-refractivity contribution is 0.0102. The summed E-state index contributed by atoms with van der Waals surface area (Å²) in [5.41, 5.74) is 0. The number of rotatable bonds is 7. The Hall–Kier alpha value is -0.210. The molecule has 0 aromatic carbocycles. The Morgan fingerprint density at radius 1 is 1.24 bits per heavy atom. The second-order valence-corrected chi connectivity index (χ2v) is 8.03. The van der Waals surface area contributed by atoms with Crippen LogP contribution in [-0.4, -0.2) is 82.0 Å². The highest BCUT2D eigenvalue weighted by atomic mass is 32.2. The molecular weight excluding hydrogens is 290 g/mol. The van der Waals surface area contributed by atoms with Gasteiger partial charge in [-0.15, -0.1) is 0 Å². The molecule has 0 aliphatic carbocycles. The van der Waals surface area contributed by atoms with Crippen molar-refractivity contribution in [3.05, 3.63) is 0 Å². The van der Waals surface area contributed by atoms with Crippen molar-refractivity contribution in [1.82, 2.24) is 14.5 Å². The van der Waals surface area contributed by atoms with Crippen LogP contribution in [0.1, 0.15) is 26.7 Å². The van der Waals surface area contributed by atoms with Crippen molar-refractivity contribution in [2.75, 3.05) is 51.7 Å². The van der Waals surface area contributed by atoms with Gasteiger partial charge in [0.1, 0.15) is 0 Å². The number of nitrogens with one attached hydrogen (secondary N) is 1. The van der Waals surface area contributed by atoms with Gasteiger partial charge >= 0.3 is 0 Å². The van der Waals surface area contributed by atoms with E-state index in [1.807, 2.05) is 0 Å². The van der Waals surface area contributed by atoms with Gasteiger partial charge in [0.25, 0.3) is 0 Å². The smallest absolute Gasteiger partial charge is 0.211 e. The van der Waals surface area contributed by atoms with Crippen LogP contribution < -0.4 is 4.72 Å². The van der Waals surface area contributed by atoms with Gasteiger partial charge in [-0.2, -0.15) is 0 Å². The van der Waals surface area contributed by atoms with Crippen LogP contribution in [0.5, 0.6) is 0 Å². The van der Waals surface area contributed by atoms with Crippen LogP contribution in [0.25, 0.3) is 0 Å². The fourth-order valence-electron chi connectivity index (χ4n) is 3.31. The molecule has 0 spiro atoms. The number of nitrogens with zero attached hydrogens (tertiary/aromatic N) is 2. The summed E-state index contributed by atoms with van der Waals surface area (Å²) in [6, 6.07) is 1.17. The summed E-state index contributed by atoms with van der Waals surface area (Å²) in [6.45, 7) is 10.4. The molecule has 1 N–H and O–H groups in total. The molecule has 2 rings (SSSR count). The Kier molecular flexibility index (Phi) is 6.43. The van der Waals surface area contributed by atoms with Crippen LogP contribution in [-0.2, 0) is 14.8 Å². The molecule has 0 radical (unpaired) electrons. The Morgan fingerprint density at radius 3 is 2.62 bits per heavy atom. The van der Waals surface area contributed by atoms with Crippen LogP contribution in [0.4, 0.5) is 0 Å². The lowest BCUT2D eigenvalue weighted by atomic mass is 10.1. The van der Waals surface area contributed by atoms with E-state index >= 15 is 0 Å². The molecule has 0 aromatic rings. The summed E-state index contributed by atoms with van der Waals surface area (Å²) < 4.78 is 30.8. The van der Waals surface area contributed by atoms with Crippen LogP contribution in [0.2, 0.25) is 0 Å². The number of likely N-dealkylation sites (tertiary alicyclic amines) is 1. The van der Waals surface area contributed by atoms with Crippen molar-refractivity contribution in [2.45, 2.75) is 38.8 Å². The van der Waals surface area contributed by atoms with Gasteiger partial charge in [0.05, 0.1) is 19.0 Å². The maximum atomic E-state index is 11.4. The molecule has 2 fully saturated rings. The van der Waals surface area contributed by atoms with Gasteiger partial charge in [0.2, 0.25) is 10.0 Å². The Balaban J connectivity index is 1.70. The van der Waals surface area contributed by atoms with Crippen molar-refractivity contribution in [3.8, 4) is 0 Å². The Morgan fingerprint density at radius 2 is 1.95 bits per heavy atom. The first-order valence-electron chi connectivity index (χ1n) is 8.06. The molecule has 21 heavy (non-hydrogen) atoms. The lowest BCUT2D eigenvalue weighted by Gasteiger charge is -2.35. The topological polar surface area (TPSA) is 61.9 Å². The monoisotopic (exact) mass is 319 g/mol. The summed E-state index contributed by atoms with van der Waals surface area (Å²) in [4.78, 5) is 5.04. The number of ether oxygens (including phenoxy) is 1. The zero-order valence-electron chi connectivity index (χ0n) is 13.3. The molecule has 0 amide bonds. The molecule has 124 valence electrons. The predicted octanol–water partition coefficient (Wildman–Crippen LogP) is 0.111. The second-order valence-electron chi connectivity index (χ2n) is 5.93. The SMILES string of the molecule is CCS(=O)(=O)NCCCN1CC[C@@H](N2CCOCC2)[C@H]1C. The van der Waals surface area contributed by atoms with Crippen molar-refractivity contribution in [3.63, 3.8) is 0 Å². The molecule has 2 atom stereocenters. The minimum atomic E-state index is -3.05. The fourth-order valence-corrected chi connectivity index (χ4v) is 3.97. The third-order valence-corrected chi connectivity index (χ3v) is 6.09. The van der Waals surface area contributed by atoms with Gasteiger partial charge in [-0.25, -0.2) is 13.1 Å². The average molecular weight is 319 g/mol. The van der Waals surface area contributed by atoms with Crippen molar-refractivity contribution >= 4 is 10.0 Å². The van der Waals surface area contributed by atoms with E-state index < -0.39 is 10.0 Å². The molecule has 2 saturated heterocycles. The van der Waals surface area contributed by atoms with Gasteiger partial charge < -0.3 is 4.74 Å². The van der Waals surface area contributed by atoms with E-state index in [4.69, 9.17) is 4.74 Å². The molecule has 0 saturated carbocycles. The maximum absolute atomic E-state index is 11.4. The third-order valence-electron chi connectivity index (χ3n) is 4.68. The van der Waals surface area contributed by atoms with E-state index in [-0.39, 0.29) is 5.75 Å². The van der Waals surface area contributed by atoms with Crippen molar-refractivity contribution in [1.29, 1.82) is 0 Å². The van der Waals surface area contributed by atoms with Crippen molar-refractivity contribution < 1.29 is 13.2 Å². The van der Waals surface area contributed by atoms with Crippen LogP contribution in [0.3, 0.4) is 0 Å². The van der Waals surface area contributed by atoms with E-state index in [1.165, 1.54) is 6.42 Å². The molecule has 2 aliphatic heterocycles. The molecular formula is C14H29N3O3S. The Labute approximate surface area is 128 Å². The van der Waals surface area contributed by atoms with Gasteiger partial charge in [0, 0.05) is 38.3 Å². The lowest BCUT2D eigenvalue weighted by Crippen LogP contribution is -2.48. The van der Waals surface area contributed by atoms with E-state index in [9.17, 15) is 8.42 Å². The highest BCUT2D eigenvalue weighted by Gasteiger charge is 2.34. The minimum absolute atomic E-state index is 0.159. The number of hydrogen-bond donors (Lipinski definition) is 1. The second kappa shape index (κ2) is 7.87. The summed E-state index contributed by atoms with van der Waals surface area (Å²) >= 11 is 0. The maximum Gasteiger partial charge on any atom is 0.211 e. The van der Waals surface area contributed by atoms with E-state index in [2.05, 4.69) is 21.4 Å². The number of sulfonamides is 1. The van der Waals surface area contributed by atoms with Gasteiger partial charge in [-0.3, -0.25) is 9.80 Å². The van der Waals surface area contributed by atoms with Crippen LogP contribution in [0.15, 0.2) is 0 Å². The quantitative estimate of drug-likeness (QED) is 0.675. The van der Waals surface area contributed by atoms with Crippen molar-refractivity contribution in [2.24, 2.45) is 0 Å². The van der Waals surface area contributed by atoms with Gasteiger partial charge in [-0.1, -0.05) is 0 Å². The summed E-state index contributed by atoms with van der Waals surface area (Å²) in [5, 5.41) is 0. The highest BCUT2D eigenvalue weighted by molar-refractivity contribution is 7.89. The molecule has 0 bridgehead atoms. The van der Waals surface area contributed by atoms with E-state index in [1.54, 1.807) is 6.92 Å². The summed E-state index contributed by atoms with van der Waals surface area (Å²) in [5.74, 6) is 0.159. The van der Waals surface area contributed by atoms with Crippen LogP contribution in [0, 0.1) is 0 Å². The standard InChI is InChI=1S/C14H29N3O3S/c1-3-21(18,19)15-6-4-7-16-8-5-14(13(16)2)17-9-11-20-12-10-17/h13-15H,3-12H2,1-2H3/t13-,14-/m1/s1. The highest BCUT2D eigenvalue weighted by Crippen LogP contribution is 2.23. The molecule has 0 unspecified atom stereocenters. The van der Waals surface area contributed by atoms with Gasteiger partial charge in [0.15, 0.2) is 0 Å². The van der Waals surface area contributed by atoms with E-state index in [0.29, 0.717) is 18.6 Å². The zero-order chi connectivity index (χ0) is 15.3. The largest absolute Gasteiger partial charge is 0.379 e. The number of hydrogen-bond acceptors (Lipinski definition) is 5. The first kappa shape index (κ1) is 17.1. The first-order valence-corrected chi connectivity index (χ1v) is 9.72. The van der Waals surface area contributed by atoms with Crippen LogP contribution >= 0.6 is 0 Å². The molecule has 2 aliphatic rings. The normalized spacial score (nSPS) is 29.0.